The van der Waals surface area contributed by atoms with Crippen LogP contribution in [0.3, 0.4) is 0 Å². The van der Waals surface area contributed by atoms with Crippen LogP contribution in [0.5, 0.6) is 11.5 Å². The van der Waals surface area contributed by atoms with Crippen LogP contribution in [0.2, 0.25) is 0 Å². The molecule has 9 aromatic carbocycles. The van der Waals surface area contributed by atoms with Gasteiger partial charge in [0.2, 0.25) is 0 Å². The third-order valence-electron chi connectivity index (χ3n) is 11.5. The molecule has 0 N–H and O–H groups in total. The number of fused-ring (bicyclic) bond motifs is 11. The Hall–Kier alpha value is -7.16. The second kappa shape index (κ2) is 12.5. The van der Waals surface area contributed by atoms with Gasteiger partial charge in [0, 0.05) is 28.2 Å². The smallest absolute Gasteiger partial charge is 0.132 e. The number of para-hydroxylation sites is 2. The predicted octanol–water partition coefficient (Wildman–Crippen LogP) is 14.1. The van der Waals surface area contributed by atoms with Gasteiger partial charge in [-0.2, -0.15) is 0 Å². The minimum atomic E-state index is -0.548. The molecule has 258 valence electrons. The molecule has 0 saturated carbocycles. The van der Waals surface area contributed by atoms with Crippen molar-refractivity contribution in [3.63, 3.8) is 0 Å². The van der Waals surface area contributed by atoms with Gasteiger partial charge in [-0.1, -0.05) is 164 Å². The number of anilines is 3. The normalized spacial score (nSPS) is 13.0. The minimum Gasteiger partial charge on any atom is -0.457 e. The Morgan fingerprint density at radius 3 is 1.62 bits per heavy atom. The molecule has 2 nitrogen and oxygen atoms in total. The zero-order valence-corrected chi connectivity index (χ0v) is 30.1. The van der Waals surface area contributed by atoms with Crippen molar-refractivity contribution in [3.8, 4) is 44.9 Å². The van der Waals surface area contributed by atoms with Gasteiger partial charge in [0.05, 0.1) is 5.41 Å². The van der Waals surface area contributed by atoms with E-state index in [9.17, 15) is 0 Å². The van der Waals surface area contributed by atoms with Gasteiger partial charge in [0.1, 0.15) is 11.5 Å². The van der Waals surface area contributed by atoms with Gasteiger partial charge in [-0.3, -0.25) is 0 Å². The molecule has 0 atom stereocenters. The molecule has 2 aliphatic rings. The Morgan fingerprint density at radius 2 is 0.891 bits per heavy atom. The molecule has 55 heavy (non-hydrogen) atoms. The molecule has 1 spiro atoms. The van der Waals surface area contributed by atoms with Crippen molar-refractivity contribution >= 4 is 27.8 Å². The second-order valence-corrected chi connectivity index (χ2v) is 14.4. The van der Waals surface area contributed by atoms with Gasteiger partial charge < -0.3 is 9.64 Å². The highest BCUT2D eigenvalue weighted by Crippen LogP contribution is 2.63. The fourth-order valence-corrected chi connectivity index (χ4v) is 9.14. The molecule has 1 aliphatic carbocycles. The Labute approximate surface area is 321 Å². The molecule has 1 aliphatic heterocycles. The van der Waals surface area contributed by atoms with Crippen LogP contribution in [0.25, 0.3) is 44.2 Å². The monoisotopic (exact) mass is 701 g/mol. The molecule has 1 heterocycles. The van der Waals surface area contributed by atoms with Crippen LogP contribution < -0.4 is 9.64 Å². The van der Waals surface area contributed by atoms with Gasteiger partial charge in [-0.25, -0.2) is 0 Å². The summed E-state index contributed by atoms with van der Waals surface area (Å²) in [5.74, 6) is 1.80. The van der Waals surface area contributed by atoms with E-state index in [1.807, 2.05) is 0 Å². The summed E-state index contributed by atoms with van der Waals surface area (Å²) >= 11 is 0. The average Bonchev–Trinajstić information content (AvgIpc) is 3.55. The van der Waals surface area contributed by atoms with Crippen molar-refractivity contribution in [1.29, 1.82) is 0 Å². The van der Waals surface area contributed by atoms with Gasteiger partial charge >= 0.3 is 0 Å². The molecule has 0 saturated heterocycles. The summed E-state index contributed by atoms with van der Waals surface area (Å²) in [4.78, 5) is 2.41. The number of rotatable bonds is 5. The lowest BCUT2D eigenvalue weighted by molar-refractivity contribution is 0.436. The molecule has 0 amide bonds. The van der Waals surface area contributed by atoms with Gasteiger partial charge in [-0.05, 0) is 104 Å². The molecule has 2 heteroatoms. The summed E-state index contributed by atoms with van der Waals surface area (Å²) in [5, 5.41) is 2.48. The Bertz CT molecular complexity index is 2850. The first-order chi connectivity index (χ1) is 27.3. The summed E-state index contributed by atoms with van der Waals surface area (Å²) < 4.78 is 6.64. The SMILES string of the molecule is c1ccc(-c2ccc(N(c3cccc(-c4ccccc4)c3)c3ccc4c(c3)-c3c(ccc5ccccc35)C43c4ccccc4Oc4ccccc43)cc2)cc1. The third kappa shape index (κ3) is 4.82. The number of hydrogen-bond donors (Lipinski definition) is 0. The number of nitrogens with zero attached hydrogens (tertiary/aromatic N) is 1. The van der Waals surface area contributed by atoms with E-state index < -0.39 is 5.41 Å². The Balaban J connectivity index is 1.18. The van der Waals surface area contributed by atoms with Crippen molar-refractivity contribution < 1.29 is 4.74 Å². The standard InChI is InChI=1S/C53H35NO/c1-3-14-36(15-4-1)38-26-29-41(30-27-38)54(42-20-13-19-40(34-42)37-16-5-2-6-17-37)43-31-33-46-45(35-43)52-44-21-8-7-18-39(44)28-32-49(52)53(46)47-22-9-11-24-50(47)55-51-25-12-10-23-48(51)53/h1-35H. The second-order valence-electron chi connectivity index (χ2n) is 14.4. The zero-order valence-electron chi connectivity index (χ0n) is 30.1. The van der Waals surface area contributed by atoms with Crippen LogP contribution in [0.15, 0.2) is 212 Å². The highest BCUT2D eigenvalue weighted by atomic mass is 16.5. The summed E-state index contributed by atoms with van der Waals surface area (Å²) in [5.41, 5.74) is 14.9. The number of benzene rings is 9. The number of ether oxygens (including phenoxy) is 1. The van der Waals surface area contributed by atoms with Crippen LogP contribution in [0.4, 0.5) is 17.1 Å². The Kier molecular flexibility index (Phi) is 7.11. The first-order valence-electron chi connectivity index (χ1n) is 18.9. The molecule has 0 bridgehead atoms. The first-order valence-corrected chi connectivity index (χ1v) is 18.9. The third-order valence-corrected chi connectivity index (χ3v) is 11.5. The lowest BCUT2D eigenvalue weighted by atomic mass is 9.66. The molecule has 0 unspecified atom stereocenters. The molecule has 9 aromatic rings. The molecular weight excluding hydrogens is 667 g/mol. The van der Waals surface area contributed by atoms with E-state index >= 15 is 0 Å². The van der Waals surface area contributed by atoms with E-state index in [1.165, 1.54) is 66.4 Å². The lowest BCUT2D eigenvalue weighted by Crippen LogP contribution is -2.32. The van der Waals surface area contributed by atoms with E-state index in [-0.39, 0.29) is 0 Å². The summed E-state index contributed by atoms with van der Waals surface area (Å²) in [6.45, 7) is 0. The van der Waals surface area contributed by atoms with E-state index in [0.717, 1.165) is 28.6 Å². The quantitative estimate of drug-likeness (QED) is 0.177. The van der Waals surface area contributed by atoms with Crippen LogP contribution in [0, 0.1) is 0 Å². The molecule has 11 rings (SSSR count). The van der Waals surface area contributed by atoms with Crippen LogP contribution in [-0.2, 0) is 5.41 Å². The molecule has 0 aromatic heterocycles. The van der Waals surface area contributed by atoms with Crippen LogP contribution in [0.1, 0.15) is 22.3 Å². The van der Waals surface area contributed by atoms with Gasteiger partial charge in [-0.15, -0.1) is 0 Å². The van der Waals surface area contributed by atoms with Crippen LogP contribution >= 0.6 is 0 Å². The summed E-state index contributed by atoms with van der Waals surface area (Å²) in [6, 6.07) is 76.9. The summed E-state index contributed by atoms with van der Waals surface area (Å²) in [7, 11) is 0. The van der Waals surface area contributed by atoms with Crippen molar-refractivity contribution in [2.75, 3.05) is 4.90 Å². The highest BCUT2D eigenvalue weighted by Gasteiger charge is 2.51. The van der Waals surface area contributed by atoms with E-state index in [0.29, 0.717) is 0 Å². The topological polar surface area (TPSA) is 12.5 Å². The van der Waals surface area contributed by atoms with Gasteiger partial charge in [0.15, 0.2) is 0 Å². The van der Waals surface area contributed by atoms with Gasteiger partial charge in [0.25, 0.3) is 0 Å². The van der Waals surface area contributed by atoms with Crippen molar-refractivity contribution in [1.82, 2.24) is 0 Å². The van der Waals surface area contributed by atoms with E-state index in [2.05, 4.69) is 217 Å². The maximum atomic E-state index is 6.64. The lowest BCUT2D eigenvalue weighted by Gasteiger charge is -2.39. The largest absolute Gasteiger partial charge is 0.457 e. The fraction of sp³-hybridized carbons (Fsp3) is 0.0189. The highest BCUT2D eigenvalue weighted by molar-refractivity contribution is 6.05. The van der Waals surface area contributed by atoms with Crippen molar-refractivity contribution in [2.45, 2.75) is 5.41 Å². The van der Waals surface area contributed by atoms with Crippen LogP contribution in [-0.4, -0.2) is 0 Å². The van der Waals surface area contributed by atoms with E-state index in [1.54, 1.807) is 0 Å². The first kappa shape index (κ1) is 31.4. The maximum Gasteiger partial charge on any atom is 0.132 e. The average molecular weight is 702 g/mol. The predicted molar refractivity (Wildman–Crippen MR) is 227 cm³/mol. The summed E-state index contributed by atoms with van der Waals surface area (Å²) in [6.07, 6.45) is 0. The van der Waals surface area contributed by atoms with Crippen molar-refractivity contribution in [2.24, 2.45) is 0 Å². The minimum absolute atomic E-state index is 0.548. The molecule has 0 fully saturated rings. The molecular formula is C53H35NO. The maximum absolute atomic E-state index is 6.64. The number of hydrogen-bond acceptors (Lipinski definition) is 2. The Morgan fingerprint density at radius 1 is 0.345 bits per heavy atom. The van der Waals surface area contributed by atoms with E-state index in [4.69, 9.17) is 4.74 Å². The zero-order chi connectivity index (χ0) is 36.3. The van der Waals surface area contributed by atoms with Crippen molar-refractivity contribution in [3.05, 3.63) is 235 Å². The fourth-order valence-electron chi connectivity index (χ4n) is 9.14. The molecule has 0 radical (unpaired) electrons.